The molecule has 1 saturated heterocycles. The summed E-state index contributed by atoms with van der Waals surface area (Å²) >= 11 is 7.71. The van der Waals surface area contributed by atoms with Crippen molar-refractivity contribution in [1.82, 2.24) is 10.1 Å². The van der Waals surface area contributed by atoms with Gasteiger partial charge in [0, 0.05) is 31.0 Å². The van der Waals surface area contributed by atoms with Gasteiger partial charge in [0.1, 0.15) is 0 Å². The van der Waals surface area contributed by atoms with Crippen LogP contribution in [0.25, 0.3) is 10.7 Å². The Labute approximate surface area is 177 Å². The molecule has 1 aliphatic rings. The largest absolute Gasteiger partial charge is 0.378 e. The van der Waals surface area contributed by atoms with Gasteiger partial charge in [0.25, 0.3) is 0 Å². The van der Waals surface area contributed by atoms with Crippen LogP contribution in [0.2, 0.25) is 5.02 Å². The van der Waals surface area contributed by atoms with E-state index in [0.717, 1.165) is 29.3 Å². The predicted octanol–water partition coefficient (Wildman–Crippen LogP) is 4.25. The van der Waals surface area contributed by atoms with Gasteiger partial charge in [-0.3, -0.25) is 4.79 Å². The van der Waals surface area contributed by atoms with Crippen molar-refractivity contribution in [3.05, 3.63) is 46.6 Å². The van der Waals surface area contributed by atoms with Crippen molar-refractivity contribution in [1.29, 1.82) is 0 Å². The van der Waals surface area contributed by atoms with Crippen molar-refractivity contribution in [2.24, 2.45) is 0 Å². The standard InChI is InChI=1S/C20H21ClN4O3S/c21-14-6-7-16(25-8-10-27-11-9-25)15(13-14)22-18(26)4-1-5-19-23-20(24-28-19)17-3-2-12-29-17/h2-3,6-7,12-13H,1,4-5,8-11H2,(H,22,26). The summed E-state index contributed by atoms with van der Waals surface area (Å²) in [5.74, 6) is 1.06. The number of hydrogen-bond donors (Lipinski definition) is 1. The lowest BCUT2D eigenvalue weighted by Crippen LogP contribution is -2.36. The number of halogens is 1. The number of ether oxygens (including phenoxy) is 1. The van der Waals surface area contributed by atoms with Crippen molar-refractivity contribution in [2.45, 2.75) is 19.3 Å². The minimum absolute atomic E-state index is 0.0697. The van der Waals surface area contributed by atoms with Gasteiger partial charge in [-0.15, -0.1) is 11.3 Å². The van der Waals surface area contributed by atoms with Gasteiger partial charge in [0.2, 0.25) is 17.6 Å². The van der Waals surface area contributed by atoms with Crippen LogP contribution in [0.15, 0.2) is 40.2 Å². The molecule has 7 nitrogen and oxygen atoms in total. The summed E-state index contributed by atoms with van der Waals surface area (Å²) in [6.07, 6.45) is 1.52. The molecule has 29 heavy (non-hydrogen) atoms. The highest BCUT2D eigenvalue weighted by Gasteiger charge is 2.17. The molecule has 2 aromatic heterocycles. The van der Waals surface area contributed by atoms with E-state index in [-0.39, 0.29) is 5.91 Å². The quantitative estimate of drug-likeness (QED) is 0.601. The van der Waals surface area contributed by atoms with Crippen LogP contribution < -0.4 is 10.2 Å². The summed E-state index contributed by atoms with van der Waals surface area (Å²) in [6.45, 7) is 2.92. The summed E-state index contributed by atoms with van der Waals surface area (Å²) in [4.78, 5) is 20.0. The number of benzene rings is 1. The number of rotatable bonds is 7. The van der Waals surface area contributed by atoms with E-state index in [9.17, 15) is 4.79 Å². The highest BCUT2D eigenvalue weighted by molar-refractivity contribution is 7.13. The SMILES string of the molecule is O=C(CCCc1nc(-c2cccs2)no1)Nc1cc(Cl)ccc1N1CCOCC1. The zero-order valence-corrected chi connectivity index (χ0v) is 17.3. The maximum Gasteiger partial charge on any atom is 0.226 e. The first-order chi connectivity index (χ1) is 14.2. The molecule has 0 spiro atoms. The molecule has 1 aliphatic heterocycles. The van der Waals surface area contributed by atoms with E-state index in [1.165, 1.54) is 0 Å². The molecule has 1 amide bonds. The van der Waals surface area contributed by atoms with E-state index < -0.39 is 0 Å². The summed E-state index contributed by atoms with van der Waals surface area (Å²) in [6, 6.07) is 9.46. The van der Waals surface area contributed by atoms with Gasteiger partial charge in [-0.2, -0.15) is 4.98 Å². The molecule has 3 aromatic rings. The molecule has 3 heterocycles. The van der Waals surface area contributed by atoms with Crippen LogP contribution in [0.5, 0.6) is 0 Å². The molecule has 0 bridgehead atoms. The average molecular weight is 433 g/mol. The molecule has 1 fully saturated rings. The summed E-state index contributed by atoms with van der Waals surface area (Å²) in [5.41, 5.74) is 1.69. The highest BCUT2D eigenvalue weighted by atomic mass is 35.5. The first-order valence-electron chi connectivity index (χ1n) is 9.47. The summed E-state index contributed by atoms with van der Waals surface area (Å²) in [7, 11) is 0. The molecule has 1 aromatic carbocycles. The molecular weight excluding hydrogens is 412 g/mol. The van der Waals surface area contributed by atoms with Crippen LogP contribution in [0, 0.1) is 0 Å². The van der Waals surface area contributed by atoms with E-state index in [1.54, 1.807) is 17.4 Å². The van der Waals surface area contributed by atoms with E-state index in [1.807, 2.05) is 29.6 Å². The molecule has 1 N–H and O–H groups in total. The molecule has 0 radical (unpaired) electrons. The van der Waals surface area contributed by atoms with E-state index in [2.05, 4.69) is 20.4 Å². The number of aryl methyl sites for hydroxylation is 1. The fourth-order valence-electron chi connectivity index (χ4n) is 3.16. The molecular formula is C20H21ClN4O3S. The van der Waals surface area contributed by atoms with Crippen molar-refractivity contribution in [3.8, 4) is 10.7 Å². The lowest BCUT2D eigenvalue weighted by Gasteiger charge is -2.30. The monoisotopic (exact) mass is 432 g/mol. The molecule has 0 unspecified atom stereocenters. The van der Waals surface area contributed by atoms with Crippen molar-refractivity contribution in [2.75, 3.05) is 36.5 Å². The lowest BCUT2D eigenvalue weighted by molar-refractivity contribution is -0.116. The van der Waals surface area contributed by atoms with Crippen molar-refractivity contribution >= 4 is 40.2 Å². The number of nitrogens with one attached hydrogen (secondary N) is 1. The topological polar surface area (TPSA) is 80.5 Å². The minimum Gasteiger partial charge on any atom is -0.378 e. The number of carbonyl (C=O) groups excluding carboxylic acids is 1. The third kappa shape index (κ3) is 5.14. The van der Waals surface area contributed by atoms with Crippen LogP contribution in [-0.2, 0) is 16.0 Å². The number of thiophene rings is 1. The summed E-state index contributed by atoms with van der Waals surface area (Å²) < 4.78 is 10.7. The zero-order valence-electron chi connectivity index (χ0n) is 15.8. The van der Waals surface area contributed by atoms with E-state index in [4.69, 9.17) is 20.9 Å². The van der Waals surface area contributed by atoms with Crippen LogP contribution in [0.1, 0.15) is 18.7 Å². The average Bonchev–Trinajstić information content (AvgIpc) is 3.41. The summed E-state index contributed by atoms with van der Waals surface area (Å²) in [5, 5.41) is 9.54. The number of nitrogens with zero attached hydrogens (tertiary/aromatic N) is 3. The zero-order chi connectivity index (χ0) is 20.1. The Hall–Kier alpha value is -2.42. The molecule has 4 rings (SSSR count). The maximum absolute atomic E-state index is 12.5. The Morgan fingerprint density at radius 3 is 2.93 bits per heavy atom. The second-order valence-corrected chi connectivity index (χ2v) is 8.04. The van der Waals surface area contributed by atoms with Gasteiger partial charge >= 0.3 is 0 Å². The van der Waals surface area contributed by atoms with Crippen LogP contribution in [0.3, 0.4) is 0 Å². The van der Waals surface area contributed by atoms with Crippen LogP contribution in [0.4, 0.5) is 11.4 Å². The molecule has 0 saturated carbocycles. The van der Waals surface area contributed by atoms with Crippen LogP contribution in [-0.4, -0.2) is 42.4 Å². The molecule has 0 aliphatic carbocycles. The fourth-order valence-corrected chi connectivity index (χ4v) is 3.98. The normalized spacial score (nSPS) is 14.2. The van der Waals surface area contributed by atoms with Crippen molar-refractivity contribution in [3.63, 3.8) is 0 Å². The van der Waals surface area contributed by atoms with Gasteiger partial charge in [-0.05, 0) is 36.1 Å². The maximum atomic E-state index is 12.5. The fraction of sp³-hybridized carbons (Fsp3) is 0.350. The third-order valence-electron chi connectivity index (χ3n) is 4.59. The second kappa shape index (κ2) is 9.39. The van der Waals surface area contributed by atoms with Gasteiger partial charge in [0.15, 0.2) is 0 Å². The number of anilines is 2. The number of morpholine rings is 1. The smallest absolute Gasteiger partial charge is 0.226 e. The minimum atomic E-state index is -0.0697. The Bertz CT molecular complexity index is 955. The first kappa shape index (κ1) is 19.9. The first-order valence-corrected chi connectivity index (χ1v) is 10.7. The predicted molar refractivity (Wildman–Crippen MR) is 114 cm³/mol. The molecule has 9 heteroatoms. The van der Waals surface area contributed by atoms with Gasteiger partial charge in [-0.1, -0.05) is 22.8 Å². The van der Waals surface area contributed by atoms with Gasteiger partial charge in [0.05, 0.1) is 29.5 Å². The third-order valence-corrected chi connectivity index (χ3v) is 5.69. The number of hydrogen-bond acceptors (Lipinski definition) is 7. The van der Waals surface area contributed by atoms with E-state index >= 15 is 0 Å². The Morgan fingerprint density at radius 2 is 2.14 bits per heavy atom. The lowest BCUT2D eigenvalue weighted by atomic mass is 10.2. The number of aromatic nitrogens is 2. The van der Waals surface area contributed by atoms with Gasteiger partial charge < -0.3 is 19.5 Å². The highest BCUT2D eigenvalue weighted by Crippen LogP contribution is 2.30. The van der Waals surface area contributed by atoms with Crippen LogP contribution >= 0.6 is 22.9 Å². The number of carbonyl (C=O) groups is 1. The Morgan fingerprint density at radius 1 is 1.28 bits per heavy atom. The van der Waals surface area contributed by atoms with E-state index in [0.29, 0.717) is 49.2 Å². The van der Waals surface area contributed by atoms with Gasteiger partial charge in [-0.25, -0.2) is 0 Å². The Kier molecular flexibility index (Phi) is 6.43. The molecule has 152 valence electrons. The Balaban J connectivity index is 1.32. The second-order valence-electron chi connectivity index (χ2n) is 6.65. The number of amides is 1. The molecule has 0 atom stereocenters. The van der Waals surface area contributed by atoms with Crippen molar-refractivity contribution < 1.29 is 14.1 Å².